The summed E-state index contributed by atoms with van der Waals surface area (Å²) in [5.74, 6) is 0.0259. The quantitative estimate of drug-likeness (QED) is 0.361. The van der Waals surface area contributed by atoms with Crippen LogP contribution in [0.3, 0.4) is 0 Å². The fourth-order valence-corrected chi connectivity index (χ4v) is 2.30. The molecule has 23 heavy (non-hydrogen) atoms. The summed E-state index contributed by atoms with van der Waals surface area (Å²) in [6.07, 6.45) is 9.41. The van der Waals surface area contributed by atoms with Crippen molar-refractivity contribution >= 4 is 18.0 Å². The highest BCUT2D eigenvalue weighted by atomic mass is 16.6. The second-order valence-corrected chi connectivity index (χ2v) is 5.17. The van der Waals surface area contributed by atoms with Gasteiger partial charge in [0.05, 0.1) is 20.1 Å². The number of methoxy groups -OCH3 is 2. The van der Waals surface area contributed by atoms with E-state index in [-0.39, 0.29) is 11.9 Å². The van der Waals surface area contributed by atoms with Gasteiger partial charge in [0.15, 0.2) is 11.5 Å². The Balaban J connectivity index is 2.10. The minimum absolute atomic E-state index is 0.108. The van der Waals surface area contributed by atoms with Crippen molar-refractivity contribution in [2.45, 2.75) is 19.3 Å². The Bertz CT molecular complexity index is 630. The number of hydrogen-bond acceptors (Lipinski definition) is 5. The third-order valence-corrected chi connectivity index (χ3v) is 3.61. The fraction of sp³-hybridized carbons (Fsp3) is 0.333. The lowest BCUT2D eigenvalue weighted by Crippen LogP contribution is -2.21. The molecular formula is C18H20O5. The van der Waals surface area contributed by atoms with Crippen molar-refractivity contribution in [3.63, 3.8) is 0 Å². The Morgan fingerprint density at radius 3 is 2.65 bits per heavy atom. The molecule has 5 nitrogen and oxygen atoms in total. The van der Waals surface area contributed by atoms with E-state index in [2.05, 4.69) is 10.8 Å². The number of carbonyl (C=O) groups excluding carboxylic acids is 2. The number of ether oxygens (including phenoxy) is 3. The molecular weight excluding hydrogens is 296 g/mol. The van der Waals surface area contributed by atoms with Gasteiger partial charge in [-0.1, -0.05) is 18.2 Å². The highest BCUT2D eigenvalue weighted by Gasteiger charge is 2.22. The van der Waals surface area contributed by atoms with Crippen LogP contribution in [0.15, 0.2) is 36.4 Å². The molecule has 0 aliphatic heterocycles. The smallest absolute Gasteiger partial charge is 0.330 e. The van der Waals surface area contributed by atoms with Crippen LogP contribution in [0.5, 0.6) is 11.5 Å². The standard InChI is InChI=1S/C18H20O5/c1-21-16-12-13(9-11-17(19)22-2)8-10-15(16)23-18(20)14-6-4-3-5-7-14/h3-4,8-12,14H,5-7H2,1-2H3/b11-9+. The SMILES string of the molecule is COC(=O)/C=C/c1ccc(OC(=O)C2CC=CCC2)c(OC)c1. The maximum atomic E-state index is 12.2. The van der Waals surface area contributed by atoms with E-state index in [0.717, 1.165) is 18.4 Å². The van der Waals surface area contributed by atoms with Gasteiger partial charge in [-0.25, -0.2) is 4.79 Å². The lowest BCUT2D eigenvalue weighted by molar-refractivity contribution is -0.139. The highest BCUT2D eigenvalue weighted by molar-refractivity contribution is 5.87. The van der Waals surface area contributed by atoms with E-state index in [1.54, 1.807) is 24.3 Å². The van der Waals surface area contributed by atoms with Crippen molar-refractivity contribution in [3.8, 4) is 11.5 Å². The zero-order chi connectivity index (χ0) is 16.7. The van der Waals surface area contributed by atoms with Gasteiger partial charge in [-0.3, -0.25) is 4.79 Å². The first kappa shape index (κ1) is 16.8. The molecule has 0 saturated carbocycles. The highest BCUT2D eigenvalue weighted by Crippen LogP contribution is 2.30. The lowest BCUT2D eigenvalue weighted by Gasteiger charge is -2.17. The van der Waals surface area contributed by atoms with E-state index < -0.39 is 5.97 Å². The lowest BCUT2D eigenvalue weighted by atomic mass is 9.95. The van der Waals surface area contributed by atoms with Gasteiger partial charge in [0.2, 0.25) is 0 Å². The molecule has 1 atom stereocenters. The molecule has 1 aromatic rings. The molecule has 122 valence electrons. The van der Waals surface area contributed by atoms with Crippen molar-refractivity contribution in [1.29, 1.82) is 0 Å². The molecule has 0 heterocycles. The van der Waals surface area contributed by atoms with Gasteiger partial charge >= 0.3 is 11.9 Å². The second kappa shape index (κ2) is 8.17. The number of rotatable bonds is 5. The zero-order valence-electron chi connectivity index (χ0n) is 13.3. The number of carbonyl (C=O) groups is 2. The molecule has 1 aliphatic carbocycles. The van der Waals surface area contributed by atoms with Crippen molar-refractivity contribution < 1.29 is 23.8 Å². The van der Waals surface area contributed by atoms with Gasteiger partial charge in [0.1, 0.15) is 0 Å². The number of allylic oxidation sites excluding steroid dienone is 2. The largest absolute Gasteiger partial charge is 0.493 e. The molecule has 0 aromatic heterocycles. The van der Waals surface area contributed by atoms with Gasteiger partial charge in [-0.2, -0.15) is 0 Å². The molecule has 5 heteroatoms. The maximum absolute atomic E-state index is 12.2. The number of hydrogen-bond donors (Lipinski definition) is 0. The summed E-state index contributed by atoms with van der Waals surface area (Å²) in [6.45, 7) is 0. The van der Waals surface area contributed by atoms with Gasteiger partial charge in [-0.15, -0.1) is 0 Å². The maximum Gasteiger partial charge on any atom is 0.330 e. The van der Waals surface area contributed by atoms with E-state index in [0.29, 0.717) is 17.9 Å². The van der Waals surface area contributed by atoms with Crippen LogP contribution in [0.1, 0.15) is 24.8 Å². The van der Waals surface area contributed by atoms with E-state index in [9.17, 15) is 9.59 Å². The third kappa shape index (κ3) is 4.71. The van der Waals surface area contributed by atoms with Crippen molar-refractivity contribution in [1.82, 2.24) is 0 Å². The van der Waals surface area contributed by atoms with Crippen LogP contribution in [-0.2, 0) is 14.3 Å². The van der Waals surface area contributed by atoms with Crippen molar-refractivity contribution in [3.05, 3.63) is 42.0 Å². The Hall–Kier alpha value is -2.56. The summed E-state index contributed by atoms with van der Waals surface area (Å²) < 4.78 is 15.3. The van der Waals surface area contributed by atoms with E-state index in [1.165, 1.54) is 20.3 Å². The average molecular weight is 316 g/mol. The third-order valence-electron chi connectivity index (χ3n) is 3.61. The minimum Gasteiger partial charge on any atom is -0.493 e. The predicted octanol–water partition coefficient (Wildman–Crippen LogP) is 3.14. The molecule has 0 N–H and O–H groups in total. The average Bonchev–Trinajstić information content (AvgIpc) is 2.61. The van der Waals surface area contributed by atoms with Crippen LogP contribution in [0.4, 0.5) is 0 Å². The summed E-state index contributed by atoms with van der Waals surface area (Å²) >= 11 is 0. The van der Waals surface area contributed by atoms with E-state index in [4.69, 9.17) is 9.47 Å². The molecule has 0 saturated heterocycles. The molecule has 1 aromatic carbocycles. The molecule has 0 radical (unpaired) electrons. The first-order valence-electron chi connectivity index (χ1n) is 7.44. The van der Waals surface area contributed by atoms with Crippen molar-refractivity contribution in [2.24, 2.45) is 5.92 Å². The topological polar surface area (TPSA) is 61.8 Å². The van der Waals surface area contributed by atoms with Gasteiger partial charge < -0.3 is 14.2 Å². The molecule has 1 unspecified atom stereocenters. The van der Waals surface area contributed by atoms with Gasteiger partial charge in [-0.05, 0) is 43.0 Å². The molecule has 0 amide bonds. The molecule has 2 rings (SSSR count). The molecule has 0 fully saturated rings. The monoisotopic (exact) mass is 316 g/mol. The predicted molar refractivity (Wildman–Crippen MR) is 86.2 cm³/mol. The van der Waals surface area contributed by atoms with Gasteiger partial charge in [0, 0.05) is 6.08 Å². The summed E-state index contributed by atoms with van der Waals surface area (Å²) in [4.78, 5) is 23.3. The molecule has 1 aliphatic rings. The Morgan fingerprint density at radius 1 is 1.17 bits per heavy atom. The summed E-state index contributed by atoms with van der Waals surface area (Å²) in [5, 5.41) is 0. The minimum atomic E-state index is -0.440. The first-order chi connectivity index (χ1) is 11.1. The normalized spacial score (nSPS) is 17.0. The molecule has 0 bridgehead atoms. The Labute approximate surface area is 135 Å². The second-order valence-electron chi connectivity index (χ2n) is 5.17. The van der Waals surface area contributed by atoms with E-state index >= 15 is 0 Å². The van der Waals surface area contributed by atoms with Crippen LogP contribution in [0, 0.1) is 5.92 Å². The van der Waals surface area contributed by atoms with Crippen LogP contribution >= 0.6 is 0 Å². The number of esters is 2. The van der Waals surface area contributed by atoms with E-state index in [1.807, 2.05) is 6.08 Å². The van der Waals surface area contributed by atoms with Crippen LogP contribution < -0.4 is 9.47 Å². The fourth-order valence-electron chi connectivity index (χ4n) is 2.30. The van der Waals surface area contributed by atoms with Crippen molar-refractivity contribution in [2.75, 3.05) is 14.2 Å². The van der Waals surface area contributed by atoms with Crippen LogP contribution in [0.25, 0.3) is 6.08 Å². The van der Waals surface area contributed by atoms with Crippen LogP contribution in [-0.4, -0.2) is 26.2 Å². The summed E-state index contributed by atoms with van der Waals surface area (Å²) in [6, 6.07) is 5.10. The van der Waals surface area contributed by atoms with Crippen LogP contribution in [0.2, 0.25) is 0 Å². The summed E-state index contributed by atoms with van der Waals surface area (Å²) in [7, 11) is 2.82. The zero-order valence-corrected chi connectivity index (χ0v) is 13.3. The summed E-state index contributed by atoms with van der Waals surface area (Å²) in [5.41, 5.74) is 0.743. The molecule has 0 spiro atoms. The number of benzene rings is 1. The Morgan fingerprint density at radius 2 is 2.00 bits per heavy atom. The van der Waals surface area contributed by atoms with Gasteiger partial charge in [0.25, 0.3) is 0 Å². The first-order valence-corrected chi connectivity index (χ1v) is 7.44. The Kier molecular flexibility index (Phi) is 5.97.